The van der Waals surface area contributed by atoms with Crippen molar-refractivity contribution in [2.75, 3.05) is 4.72 Å². The van der Waals surface area contributed by atoms with Crippen LogP contribution in [0.3, 0.4) is 0 Å². The van der Waals surface area contributed by atoms with Gasteiger partial charge in [0.25, 0.3) is 10.0 Å². The molecule has 0 aliphatic rings. The van der Waals surface area contributed by atoms with Crippen LogP contribution in [0, 0.1) is 20.8 Å². The van der Waals surface area contributed by atoms with Crippen molar-refractivity contribution >= 4 is 31.9 Å². The number of benzene rings is 1. The van der Waals surface area contributed by atoms with E-state index in [4.69, 9.17) is 0 Å². The summed E-state index contributed by atoms with van der Waals surface area (Å²) in [6.07, 6.45) is 0. The van der Waals surface area contributed by atoms with Crippen LogP contribution < -0.4 is 4.72 Å². The minimum Gasteiger partial charge on any atom is -0.247 e. The summed E-state index contributed by atoms with van der Waals surface area (Å²) in [5.41, 5.74) is 2.26. The van der Waals surface area contributed by atoms with E-state index in [1.54, 1.807) is 32.0 Å². The normalized spacial score (nSPS) is 11.4. The van der Waals surface area contributed by atoms with Crippen LogP contribution in [0.25, 0.3) is 0 Å². The average Bonchev–Trinajstić information content (AvgIpc) is 2.30. The zero-order valence-corrected chi connectivity index (χ0v) is 13.7. The summed E-state index contributed by atoms with van der Waals surface area (Å²) in [6, 6.07) is 6.60. The number of anilines is 1. The second-order valence-electron chi connectivity index (χ2n) is 4.49. The Balaban J connectivity index is 2.37. The highest BCUT2D eigenvalue weighted by Crippen LogP contribution is 2.21. The lowest BCUT2D eigenvalue weighted by atomic mass is 10.2. The predicted octanol–water partition coefficient (Wildman–Crippen LogP) is 2.97. The minimum atomic E-state index is -3.68. The van der Waals surface area contributed by atoms with Crippen molar-refractivity contribution in [3.05, 3.63) is 45.7 Å². The summed E-state index contributed by atoms with van der Waals surface area (Å²) >= 11 is 3.34. The summed E-state index contributed by atoms with van der Waals surface area (Å²) in [7, 11) is -3.68. The summed E-state index contributed by atoms with van der Waals surface area (Å²) in [5.74, 6) is 0.0862. The molecule has 0 fully saturated rings. The molecule has 0 unspecified atom stereocenters. The summed E-state index contributed by atoms with van der Waals surface area (Å²) < 4.78 is 27.8. The van der Waals surface area contributed by atoms with Gasteiger partial charge in [0.2, 0.25) is 5.95 Å². The van der Waals surface area contributed by atoms with Crippen LogP contribution in [-0.2, 0) is 10.0 Å². The molecule has 1 aromatic carbocycles. The van der Waals surface area contributed by atoms with Crippen molar-refractivity contribution in [2.24, 2.45) is 0 Å². The Labute approximate surface area is 126 Å². The maximum Gasteiger partial charge on any atom is 0.264 e. The monoisotopic (exact) mass is 355 g/mol. The average molecular weight is 356 g/mol. The van der Waals surface area contributed by atoms with E-state index in [0.29, 0.717) is 11.4 Å². The van der Waals surface area contributed by atoms with Crippen LogP contribution in [0.4, 0.5) is 5.95 Å². The molecule has 0 aliphatic heterocycles. The van der Waals surface area contributed by atoms with E-state index in [0.717, 1.165) is 10.0 Å². The standard InChI is InChI=1S/C13H14BrN3O2S/c1-8-6-11(4-5-12(8)14)20(18,19)17-13-15-9(2)7-10(3)16-13/h4-7H,1-3H3,(H,15,16,17). The fraction of sp³-hybridized carbons (Fsp3) is 0.231. The maximum atomic E-state index is 12.3. The number of aryl methyl sites for hydroxylation is 3. The number of nitrogens with one attached hydrogen (secondary N) is 1. The summed E-state index contributed by atoms with van der Waals surface area (Å²) in [5, 5.41) is 0. The quantitative estimate of drug-likeness (QED) is 0.918. The topological polar surface area (TPSA) is 72.0 Å². The first-order valence-electron chi connectivity index (χ1n) is 5.89. The van der Waals surface area contributed by atoms with Crippen molar-refractivity contribution in [3.63, 3.8) is 0 Å². The van der Waals surface area contributed by atoms with Crippen LogP contribution >= 0.6 is 15.9 Å². The third kappa shape index (κ3) is 3.34. The van der Waals surface area contributed by atoms with Gasteiger partial charge >= 0.3 is 0 Å². The first-order valence-corrected chi connectivity index (χ1v) is 8.17. The molecule has 20 heavy (non-hydrogen) atoms. The van der Waals surface area contributed by atoms with E-state index >= 15 is 0 Å². The lowest BCUT2D eigenvalue weighted by Crippen LogP contribution is -2.15. The molecular formula is C13H14BrN3O2S. The van der Waals surface area contributed by atoms with Gasteiger partial charge in [0.15, 0.2) is 0 Å². The van der Waals surface area contributed by atoms with E-state index in [2.05, 4.69) is 30.6 Å². The summed E-state index contributed by atoms with van der Waals surface area (Å²) in [4.78, 5) is 8.33. The van der Waals surface area contributed by atoms with Crippen LogP contribution in [0.15, 0.2) is 33.6 Å². The first kappa shape index (κ1) is 14.9. The smallest absolute Gasteiger partial charge is 0.247 e. The van der Waals surface area contributed by atoms with E-state index in [9.17, 15) is 8.42 Å². The third-order valence-electron chi connectivity index (χ3n) is 2.65. The van der Waals surface area contributed by atoms with Gasteiger partial charge in [-0.1, -0.05) is 15.9 Å². The zero-order valence-electron chi connectivity index (χ0n) is 11.3. The molecule has 1 heterocycles. The molecule has 1 aromatic heterocycles. The number of hydrogen-bond acceptors (Lipinski definition) is 4. The van der Waals surface area contributed by atoms with Gasteiger partial charge in [-0.2, -0.15) is 0 Å². The largest absolute Gasteiger partial charge is 0.264 e. The Morgan fingerprint density at radius 1 is 1.05 bits per heavy atom. The first-order chi connectivity index (χ1) is 9.28. The maximum absolute atomic E-state index is 12.3. The van der Waals surface area contributed by atoms with Crippen molar-refractivity contribution in [1.29, 1.82) is 0 Å². The molecule has 2 rings (SSSR count). The van der Waals surface area contributed by atoms with Crippen molar-refractivity contribution in [1.82, 2.24) is 9.97 Å². The Hall–Kier alpha value is -1.47. The van der Waals surface area contributed by atoms with Crippen LogP contribution in [0.2, 0.25) is 0 Å². The summed E-state index contributed by atoms with van der Waals surface area (Å²) in [6.45, 7) is 5.41. The molecule has 0 saturated heterocycles. The van der Waals surface area contributed by atoms with E-state index < -0.39 is 10.0 Å². The molecule has 106 valence electrons. The fourth-order valence-corrected chi connectivity index (χ4v) is 3.01. The highest BCUT2D eigenvalue weighted by Gasteiger charge is 2.16. The molecule has 1 N–H and O–H groups in total. The van der Waals surface area contributed by atoms with E-state index in [1.807, 2.05) is 6.92 Å². The second kappa shape index (κ2) is 5.49. The molecule has 7 heteroatoms. The molecule has 0 aliphatic carbocycles. The van der Waals surface area contributed by atoms with Crippen LogP contribution in [0.5, 0.6) is 0 Å². The molecule has 0 spiro atoms. The Morgan fingerprint density at radius 2 is 1.65 bits per heavy atom. The molecule has 0 saturated carbocycles. The highest BCUT2D eigenvalue weighted by atomic mass is 79.9. The fourth-order valence-electron chi connectivity index (χ4n) is 1.74. The molecule has 0 radical (unpaired) electrons. The van der Waals surface area contributed by atoms with Gasteiger partial charge < -0.3 is 0 Å². The second-order valence-corrected chi connectivity index (χ2v) is 7.03. The number of sulfonamides is 1. The number of halogens is 1. The third-order valence-corrected chi connectivity index (χ3v) is 4.86. The van der Waals surface area contributed by atoms with Gasteiger partial charge in [-0.25, -0.2) is 23.1 Å². The molecule has 0 amide bonds. The molecule has 0 atom stereocenters. The number of nitrogens with zero attached hydrogens (tertiary/aromatic N) is 2. The van der Waals surface area contributed by atoms with Gasteiger partial charge in [0.1, 0.15) is 0 Å². The van der Waals surface area contributed by atoms with Gasteiger partial charge in [0.05, 0.1) is 4.90 Å². The Morgan fingerprint density at radius 3 is 2.20 bits per heavy atom. The predicted molar refractivity (Wildman–Crippen MR) is 81.2 cm³/mol. The van der Waals surface area contributed by atoms with Gasteiger partial charge in [-0.15, -0.1) is 0 Å². The number of rotatable bonds is 3. The van der Waals surface area contributed by atoms with E-state index in [1.165, 1.54) is 6.07 Å². The van der Waals surface area contributed by atoms with Gasteiger partial charge in [0, 0.05) is 15.9 Å². The number of aromatic nitrogens is 2. The van der Waals surface area contributed by atoms with Gasteiger partial charge in [-0.3, -0.25) is 0 Å². The Bertz CT molecular complexity index is 740. The Kier molecular flexibility index (Phi) is 4.10. The molecule has 2 aromatic rings. The number of hydrogen-bond donors (Lipinski definition) is 1. The zero-order chi connectivity index (χ0) is 14.9. The SMILES string of the molecule is Cc1cc(C)nc(NS(=O)(=O)c2ccc(Br)c(C)c2)n1. The highest BCUT2D eigenvalue weighted by molar-refractivity contribution is 9.10. The minimum absolute atomic E-state index is 0.0862. The van der Waals surface area contributed by atoms with Crippen molar-refractivity contribution < 1.29 is 8.42 Å². The molecule has 5 nitrogen and oxygen atoms in total. The molecular weight excluding hydrogens is 342 g/mol. The lowest BCUT2D eigenvalue weighted by molar-refractivity contribution is 0.600. The molecule has 0 bridgehead atoms. The van der Waals surface area contributed by atoms with Gasteiger partial charge in [-0.05, 0) is 50.6 Å². The lowest BCUT2D eigenvalue weighted by Gasteiger charge is -2.09. The van der Waals surface area contributed by atoms with Crippen LogP contribution in [-0.4, -0.2) is 18.4 Å². The van der Waals surface area contributed by atoms with Crippen molar-refractivity contribution in [2.45, 2.75) is 25.7 Å². The van der Waals surface area contributed by atoms with Crippen molar-refractivity contribution in [3.8, 4) is 0 Å². The van der Waals surface area contributed by atoms with E-state index in [-0.39, 0.29) is 10.8 Å². The van der Waals surface area contributed by atoms with Crippen LogP contribution in [0.1, 0.15) is 17.0 Å².